The third-order valence-corrected chi connectivity index (χ3v) is 6.08. The lowest BCUT2D eigenvalue weighted by Gasteiger charge is -2.47. The summed E-state index contributed by atoms with van der Waals surface area (Å²) in [4.78, 5) is 36.3. The minimum atomic E-state index is -0.576. The molecule has 3 aromatic rings. The molecule has 178 valence electrons. The molecule has 1 aromatic carbocycles. The highest BCUT2D eigenvalue weighted by molar-refractivity contribution is 6.04. The lowest BCUT2D eigenvalue weighted by Crippen LogP contribution is -2.61. The number of morpholine rings is 1. The molecule has 2 aliphatic rings. The third kappa shape index (κ3) is 4.35. The Morgan fingerprint density at radius 1 is 1.09 bits per heavy atom. The summed E-state index contributed by atoms with van der Waals surface area (Å²) in [5, 5.41) is 0.785. The van der Waals surface area contributed by atoms with Crippen molar-refractivity contribution in [3.05, 3.63) is 54.6 Å². The molecule has 2 bridgehead atoms. The summed E-state index contributed by atoms with van der Waals surface area (Å²) in [6.07, 6.45) is 6.96. The van der Waals surface area contributed by atoms with Crippen LogP contribution < -0.4 is 0 Å². The van der Waals surface area contributed by atoms with E-state index in [9.17, 15) is 9.59 Å². The van der Waals surface area contributed by atoms with Gasteiger partial charge in [-0.1, -0.05) is 18.2 Å². The molecule has 0 aliphatic carbocycles. The van der Waals surface area contributed by atoms with E-state index in [-0.39, 0.29) is 24.3 Å². The molecule has 0 N–H and O–H groups in total. The Kier molecular flexibility index (Phi) is 5.73. The molecular formula is C25H28N4O5. The molecule has 9 nitrogen and oxygen atoms in total. The van der Waals surface area contributed by atoms with Crippen molar-refractivity contribution in [1.29, 1.82) is 0 Å². The number of piperidine rings is 1. The van der Waals surface area contributed by atoms with Crippen molar-refractivity contribution in [2.24, 2.45) is 0 Å². The Bertz CT molecular complexity index is 1190. The number of benzene rings is 1. The molecule has 2 saturated heterocycles. The lowest BCUT2D eigenvalue weighted by molar-refractivity contribution is -0.106. The largest absolute Gasteiger partial charge is 0.459 e. The van der Waals surface area contributed by atoms with Gasteiger partial charge in [0.05, 0.1) is 42.6 Å². The molecule has 9 heteroatoms. The molecule has 34 heavy (non-hydrogen) atoms. The van der Waals surface area contributed by atoms with Gasteiger partial charge in [-0.05, 0) is 26.8 Å². The Hall–Kier alpha value is -3.46. The zero-order valence-electron chi connectivity index (χ0n) is 19.5. The molecule has 2 aliphatic heterocycles. The fourth-order valence-corrected chi connectivity index (χ4v) is 4.74. The SMILES string of the molecule is CC(C)(C)OC(=O)N1[C@@H]2COC[C@H]1CC(OC(=O)c1cn(-c3cnccn3)c3ccccc13)C2. The van der Waals surface area contributed by atoms with E-state index in [1.54, 1.807) is 29.7 Å². The van der Waals surface area contributed by atoms with Gasteiger partial charge in [-0.3, -0.25) is 14.5 Å². The lowest BCUT2D eigenvalue weighted by atomic mass is 9.92. The molecule has 1 amide bonds. The number of carbonyl (C=O) groups is 2. The normalized spacial score (nSPS) is 22.4. The molecular weight excluding hydrogens is 436 g/mol. The van der Waals surface area contributed by atoms with Gasteiger partial charge in [-0.15, -0.1) is 0 Å². The van der Waals surface area contributed by atoms with Gasteiger partial charge in [0, 0.05) is 36.8 Å². The van der Waals surface area contributed by atoms with E-state index in [0.717, 1.165) is 10.9 Å². The van der Waals surface area contributed by atoms with Gasteiger partial charge in [0.1, 0.15) is 11.7 Å². The monoisotopic (exact) mass is 464 g/mol. The van der Waals surface area contributed by atoms with Crippen LogP contribution in [0.15, 0.2) is 49.1 Å². The number of para-hydroxylation sites is 1. The third-order valence-electron chi connectivity index (χ3n) is 6.08. The number of carbonyl (C=O) groups excluding carboxylic acids is 2. The second kappa shape index (κ2) is 8.72. The van der Waals surface area contributed by atoms with Crippen molar-refractivity contribution in [3.8, 4) is 5.82 Å². The Morgan fingerprint density at radius 3 is 2.50 bits per heavy atom. The highest BCUT2D eigenvalue weighted by Crippen LogP contribution is 2.32. The van der Waals surface area contributed by atoms with Gasteiger partial charge in [0.25, 0.3) is 0 Å². The first-order valence-electron chi connectivity index (χ1n) is 11.5. The van der Waals surface area contributed by atoms with Crippen LogP contribution >= 0.6 is 0 Å². The van der Waals surface area contributed by atoms with E-state index < -0.39 is 11.6 Å². The number of nitrogens with zero attached hydrogens (tertiary/aromatic N) is 4. The van der Waals surface area contributed by atoms with Gasteiger partial charge in [0.2, 0.25) is 0 Å². The molecule has 2 fully saturated rings. The predicted molar refractivity (Wildman–Crippen MR) is 124 cm³/mol. The van der Waals surface area contributed by atoms with Crippen LogP contribution in [0.1, 0.15) is 44.0 Å². The molecule has 5 rings (SSSR count). The summed E-state index contributed by atoms with van der Waals surface area (Å²) in [5.41, 5.74) is 0.740. The molecule has 0 spiro atoms. The molecule has 3 atom stereocenters. The first-order valence-corrected chi connectivity index (χ1v) is 11.5. The minimum absolute atomic E-state index is 0.193. The van der Waals surface area contributed by atoms with Crippen LogP contribution in [0.4, 0.5) is 4.79 Å². The highest BCUT2D eigenvalue weighted by atomic mass is 16.6. The number of aromatic nitrogens is 3. The van der Waals surface area contributed by atoms with Crippen molar-refractivity contribution in [3.63, 3.8) is 0 Å². The molecule has 2 aromatic heterocycles. The molecule has 1 unspecified atom stereocenters. The number of rotatable bonds is 3. The quantitative estimate of drug-likeness (QED) is 0.545. The maximum absolute atomic E-state index is 13.3. The Morgan fingerprint density at radius 2 is 1.82 bits per heavy atom. The predicted octanol–water partition coefficient (Wildman–Crippen LogP) is 3.74. The average Bonchev–Trinajstić information content (AvgIpc) is 3.18. The number of hydrogen-bond acceptors (Lipinski definition) is 7. The van der Waals surface area contributed by atoms with Crippen molar-refractivity contribution in [1.82, 2.24) is 19.4 Å². The van der Waals surface area contributed by atoms with Gasteiger partial charge in [-0.2, -0.15) is 0 Å². The fourth-order valence-electron chi connectivity index (χ4n) is 4.74. The summed E-state index contributed by atoms with van der Waals surface area (Å²) in [6, 6.07) is 7.25. The van der Waals surface area contributed by atoms with Crippen LogP contribution in [0.3, 0.4) is 0 Å². The van der Waals surface area contributed by atoms with Crippen molar-refractivity contribution >= 4 is 23.0 Å². The van der Waals surface area contributed by atoms with E-state index in [2.05, 4.69) is 9.97 Å². The first-order chi connectivity index (χ1) is 16.3. The molecule has 0 saturated carbocycles. The summed E-state index contributed by atoms with van der Waals surface area (Å²) < 4.78 is 19.1. The highest BCUT2D eigenvalue weighted by Gasteiger charge is 2.44. The van der Waals surface area contributed by atoms with E-state index in [4.69, 9.17) is 14.2 Å². The van der Waals surface area contributed by atoms with Gasteiger partial charge in [-0.25, -0.2) is 14.6 Å². The van der Waals surface area contributed by atoms with Crippen LogP contribution in [0.25, 0.3) is 16.7 Å². The van der Waals surface area contributed by atoms with E-state index in [1.165, 1.54) is 0 Å². The van der Waals surface area contributed by atoms with Gasteiger partial charge >= 0.3 is 12.1 Å². The van der Waals surface area contributed by atoms with E-state index in [1.807, 2.05) is 49.6 Å². The zero-order chi connectivity index (χ0) is 23.9. The second-order valence-corrected chi connectivity index (χ2v) is 9.72. The standard InChI is InChI=1S/C25H28N4O5/c1-25(2,3)34-24(31)29-16-10-18(11-17(29)15-32-14-16)33-23(30)20-13-28(22-12-26-8-9-27-22)21-7-5-4-6-19(20)21/h4-9,12-13,16-18H,10-11,14-15H2,1-3H3/t16-,17+,18?. The first kappa shape index (κ1) is 22.3. The summed E-state index contributed by atoms with van der Waals surface area (Å²) >= 11 is 0. The number of hydrogen-bond donors (Lipinski definition) is 0. The topological polar surface area (TPSA) is 95.8 Å². The molecule has 4 heterocycles. The van der Waals surface area contributed by atoms with E-state index in [0.29, 0.717) is 37.4 Å². The second-order valence-electron chi connectivity index (χ2n) is 9.72. The van der Waals surface area contributed by atoms with Crippen LogP contribution in [-0.4, -0.2) is 68.5 Å². The van der Waals surface area contributed by atoms with Crippen LogP contribution in [0.2, 0.25) is 0 Å². The number of amides is 1. The van der Waals surface area contributed by atoms with Crippen molar-refractivity contribution in [2.45, 2.75) is 57.4 Å². The summed E-state index contributed by atoms with van der Waals surface area (Å²) in [6.45, 7) is 6.35. The number of esters is 1. The van der Waals surface area contributed by atoms with Crippen molar-refractivity contribution in [2.75, 3.05) is 13.2 Å². The summed E-state index contributed by atoms with van der Waals surface area (Å²) in [5.74, 6) is 0.226. The Balaban J connectivity index is 1.36. The van der Waals surface area contributed by atoms with Gasteiger partial charge in [0.15, 0.2) is 5.82 Å². The number of fused-ring (bicyclic) bond motifs is 3. The maximum Gasteiger partial charge on any atom is 0.410 e. The van der Waals surface area contributed by atoms with Crippen LogP contribution in [0.5, 0.6) is 0 Å². The van der Waals surface area contributed by atoms with Gasteiger partial charge < -0.3 is 14.2 Å². The fraction of sp³-hybridized carbons (Fsp3) is 0.440. The minimum Gasteiger partial charge on any atom is -0.459 e. The zero-order valence-corrected chi connectivity index (χ0v) is 19.5. The van der Waals surface area contributed by atoms with Crippen LogP contribution in [-0.2, 0) is 14.2 Å². The molecule has 0 radical (unpaired) electrons. The average molecular weight is 465 g/mol. The van der Waals surface area contributed by atoms with E-state index >= 15 is 0 Å². The summed E-state index contributed by atoms with van der Waals surface area (Å²) in [7, 11) is 0. The van der Waals surface area contributed by atoms with Crippen LogP contribution in [0, 0.1) is 0 Å². The number of ether oxygens (including phenoxy) is 3. The smallest absolute Gasteiger partial charge is 0.410 e. The Labute approximate surface area is 197 Å². The maximum atomic E-state index is 13.3. The van der Waals surface area contributed by atoms with Crippen molar-refractivity contribution < 1.29 is 23.8 Å².